The van der Waals surface area contributed by atoms with Crippen molar-refractivity contribution in [1.29, 1.82) is 0 Å². The number of pyridine rings is 1. The average molecular weight is 372 g/mol. The van der Waals surface area contributed by atoms with Crippen LogP contribution >= 0.6 is 0 Å². The van der Waals surface area contributed by atoms with Gasteiger partial charge in [-0.2, -0.15) is 0 Å². The molecule has 0 saturated carbocycles. The van der Waals surface area contributed by atoms with E-state index in [2.05, 4.69) is 25.0 Å². The molecule has 0 radical (unpaired) electrons. The van der Waals surface area contributed by atoms with E-state index >= 15 is 0 Å². The summed E-state index contributed by atoms with van der Waals surface area (Å²) in [5, 5.41) is 8.68. The summed E-state index contributed by atoms with van der Waals surface area (Å²) in [5.74, 6) is 0.950. The third kappa shape index (κ3) is 3.97. The number of ether oxygens (including phenoxy) is 1. The Kier molecular flexibility index (Phi) is 5.10. The predicted molar refractivity (Wildman–Crippen MR) is 97.4 cm³/mol. The first-order valence-corrected chi connectivity index (χ1v) is 9.02. The molecule has 0 aliphatic carbocycles. The Bertz CT molecular complexity index is 789. The minimum Gasteiger partial charge on any atom is -0.378 e. The maximum atomic E-state index is 13.3. The first kappa shape index (κ1) is 17.6. The largest absolute Gasteiger partial charge is 0.378 e. The highest BCUT2D eigenvalue weighted by Gasteiger charge is 2.24. The van der Waals surface area contributed by atoms with Crippen molar-refractivity contribution < 1.29 is 13.9 Å². The van der Waals surface area contributed by atoms with Gasteiger partial charge >= 0.3 is 0 Å². The van der Waals surface area contributed by atoms with Crippen LogP contribution in [0.2, 0.25) is 0 Å². The molecule has 0 atom stereocenters. The number of morpholine rings is 1. The van der Waals surface area contributed by atoms with Crippen LogP contribution in [-0.4, -0.2) is 78.5 Å². The Morgan fingerprint density at radius 3 is 2.15 bits per heavy atom. The molecule has 2 aliphatic rings. The Morgan fingerprint density at radius 2 is 1.56 bits per heavy atom. The van der Waals surface area contributed by atoms with Crippen molar-refractivity contribution in [2.45, 2.75) is 0 Å². The molecule has 0 N–H and O–H groups in total. The number of nitrogens with zero attached hydrogens (tertiary/aromatic N) is 6. The smallest absolute Gasteiger partial charge is 0.255 e. The lowest BCUT2D eigenvalue weighted by atomic mass is 10.2. The van der Waals surface area contributed by atoms with E-state index in [0.29, 0.717) is 39.4 Å². The summed E-state index contributed by atoms with van der Waals surface area (Å²) in [4.78, 5) is 22.2. The SMILES string of the molecule is O=C(c1cncc(F)c1)N1CCN(c2ccc(N3CCOCC3)nn2)CC1. The number of piperazine rings is 1. The van der Waals surface area contributed by atoms with Gasteiger partial charge < -0.3 is 19.4 Å². The summed E-state index contributed by atoms with van der Waals surface area (Å²) in [5.41, 5.74) is 0.276. The number of halogens is 1. The molecule has 0 unspecified atom stereocenters. The molecule has 8 nitrogen and oxygen atoms in total. The fraction of sp³-hybridized carbons (Fsp3) is 0.444. The topological polar surface area (TPSA) is 74.7 Å². The average Bonchev–Trinajstić information content (AvgIpc) is 2.74. The van der Waals surface area contributed by atoms with Crippen molar-refractivity contribution >= 4 is 17.5 Å². The Labute approximate surface area is 156 Å². The highest BCUT2D eigenvalue weighted by molar-refractivity contribution is 5.94. The fourth-order valence-corrected chi connectivity index (χ4v) is 3.30. The molecular weight excluding hydrogens is 351 g/mol. The molecule has 9 heteroatoms. The van der Waals surface area contributed by atoms with Crippen molar-refractivity contribution in [2.75, 3.05) is 62.3 Å². The number of carbonyl (C=O) groups excluding carboxylic acids is 1. The van der Waals surface area contributed by atoms with Gasteiger partial charge in [0, 0.05) is 45.5 Å². The lowest BCUT2D eigenvalue weighted by Gasteiger charge is -2.35. The molecule has 2 aromatic heterocycles. The van der Waals surface area contributed by atoms with E-state index in [1.165, 1.54) is 12.3 Å². The minimum atomic E-state index is -0.505. The molecule has 2 aromatic rings. The molecule has 4 heterocycles. The van der Waals surface area contributed by atoms with E-state index in [4.69, 9.17) is 4.74 Å². The number of carbonyl (C=O) groups is 1. The van der Waals surface area contributed by atoms with E-state index < -0.39 is 5.82 Å². The minimum absolute atomic E-state index is 0.199. The van der Waals surface area contributed by atoms with Crippen molar-refractivity contribution in [3.63, 3.8) is 0 Å². The van der Waals surface area contributed by atoms with Crippen molar-refractivity contribution in [1.82, 2.24) is 20.1 Å². The maximum Gasteiger partial charge on any atom is 0.255 e. The number of aromatic nitrogens is 3. The van der Waals surface area contributed by atoms with Gasteiger partial charge in [-0.05, 0) is 18.2 Å². The van der Waals surface area contributed by atoms with Gasteiger partial charge in [-0.15, -0.1) is 10.2 Å². The Hall–Kier alpha value is -2.81. The molecule has 0 spiro atoms. The van der Waals surface area contributed by atoms with Crippen LogP contribution in [-0.2, 0) is 4.74 Å². The van der Waals surface area contributed by atoms with Gasteiger partial charge in [0.15, 0.2) is 11.6 Å². The lowest BCUT2D eigenvalue weighted by Crippen LogP contribution is -2.49. The van der Waals surface area contributed by atoms with Crippen molar-refractivity contribution in [3.8, 4) is 0 Å². The van der Waals surface area contributed by atoms with Crippen LogP contribution in [0.3, 0.4) is 0 Å². The number of anilines is 2. The van der Waals surface area contributed by atoms with Crippen LogP contribution in [0.5, 0.6) is 0 Å². The monoisotopic (exact) mass is 372 g/mol. The molecule has 2 aliphatic heterocycles. The number of rotatable bonds is 3. The summed E-state index contributed by atoms with van der Waals surface area (Å²) in [6.07, 6.45) is 2.49. The summed E-state index contributed by atoms with van der Waals surface area (Å²) < 4.78 is 18.6. The zero-order chi connectivity index (χ0) is 18.6. The molecular formula is C18H21FN6O2. The summed E-state index contributed by atoms with van der Waals surface area (Å²) in [6, 6.07) is 5.16. The van der Waals surface area contributed by atoms with Gasteiger partial charge in [0.25, 0.3) is 5.91 Å². The van der Waals surface area contributed by atoms with E-state index in [-0.39, 0.29) is 11.5 Å². The van der Waals surface area contributed by atoms with E-state index in [1.54, 1.807) is 4.90 Å². The summed E-state index contributed by atoms with van der Waals surface area (Å²) >= 11 is 0. The van der Waals surface area contributed by atoms with E-state index in [1.807, 2.05) is 12.1 Å². The van der Waals surface area contributed by atoms with Crippen LogP contribution in [0.25, 0.3) is 0 Å². The van der Waals surface area contributed by atoms with Gasteiger partial charge in [0.2, 0.25) is 0 Å². The van der Waals surface area contributed by atoms with Crippen LogP contribution < -0.4 is 9.80 Å². The zero-order valence-corrected chi connectivity index (χ0v) is 14.9. The second-order valence-corrected chi connectivity index (χ2v) is 6.52. The van der Waals surface area contributed by atoms with Gasteiger partial charge in [0.1, 0.15) is 5.82 Å². The van der Waals surface area contributed by atoms with Crippen LogP contribution in [0.4, 0.5) is 16.0 Å². The molecule has 2 saturated heterocycles. The third-order valence-corrected chi connectivity index (χ3v) is 4.81. The first-order valence-electron chi connectivity index (χ1n) is 9.02. The van der Waals surface area contributed by atoms with Crippen LogP contribution in [0.1, 0.15) is 10.4 Å². The quantitative estimate of drug-likeness (QED) is 0.789. The molecule has 0 bridgehead atoms. The van der Waals surface area contributed by atoms with Gasteiger partial charge in [-0.25, -0.2) is 4.39 Å². The molecule has 4 rings (SSSR count). The van der Waals surface area contributed by atoms with Gasteiger partial charge in [-0.1, -0.05) is 0 Å². The van der Waals surface area contributed by atoms with Gasteiger partial charge in [-0.3, -0.25) is 9.78 Å². The summed E-state index contributed by atoms with van der Waals surface area (Å²) in [6.45, 7) is 5.46. The fourth-order valence-electron chi connectivity index (χ4n) is 3.30. The molecule has 1 amide bonds. The highest BCUT2D eigenvalue weighted by Crippen LogP contribution is 2.18. The second kappa shape index (κ2) is 7.83. The third-order valence-electron chi connectivity index (χ3n) is 4.81. The predicted octanol–water partition coefficient (Wildman–Crippen LogP) is 0.810. The number of hydrogen-bond donors (Lipinski definition) is 0. The zero-order valence-electron chi connectivity index (χ0n) is 14.9. The van der Waals surface area contributed by atoms with Crippen LogP contribution in [0.15, 0.2) is 30.6 Å². The summed E-state index contributed by atoms with van der Waals surface area (Å²) in [7, 11) is 0. The molecule has 27 heavy (non-hydrogen) atoms. The maximum absolute atomic E-state index is 13.3. The number of amides is 1. The lowest BCUT2D eigenvalue weighted by molar-refractivity contribution is 0.0745. The van der Waals surface area contributed by atoms with Crippen molar-refractivity contribution in [3.05, 3.63) is 42.0 Å². The Morgan fingerprint density at radius 1 is 0.926 bits per heavy atom. The second-order valence-electron chi connectivity index (χ2n) is 6.52. The standard InChI is InChI=1S/C18H21FN6O2/c19-15-11-14(12-20-13-15)18(26)25-5-3-23(4-6-25)16-1-2-17(22-21-16)24-7-9-27-10-8-24/h1-2,11-13H,3-10H2. The first-order chi connectivity index (χ1) is 13.2. The molecule has 0 aromatic carbocycles. The number of hydrogen-bond acceptors (Lipinski definition) is 7. The molecule has 2 fully saturated rings. The van der Waals surface area contributed by atoms with Gasteiger partial charge in [0.05, 0.1) is 25.0 Å². The van der Waals surface area contributed by atoms with E-state index in [9.17, 15) is 9.18 Å². The molecule has 142 valence electrons. The van der Waals surface area contributed by atoms with Crippen LogP contribution in [0, 0.1) is 5.82 Å². The Balaban J connectivity index is 1.35. The highest BCUT2D eigenvalue weighted by atomic mass is 19.1. The normalized spacial score (nSPS) is 17.9. The van der Waals surface area contributed by atoms with E-state index in [0.717, 1.165) is 30.9 Å². The van der Waals surface area contributed by atoms with Crippen molar-refractivity contribution in [2.24, 2.45) is 0 Å².